The van der Waals surface area contributed by atoms with Gasteiger partial charge in [0.15, 0.2) is 0 Å². The van der Waals surface area contributed by atoms with Crippen LogP contribution in [0.3, 0.4) is 0 Å². The molecule has 3 aliphatic rings. The third-order valence-electron chi connectivity index (χ3n) is 11.0. The quantitative estimate of drug-likeness (QED) is 0.164. The van der Waals surface area contributed by atoms with Gasteiger partial charge in [0.1, 0.15) is 0 Å². The van der Waals surface area contributed by atoms with Crippen molar-refractivity contribution >= 4 is 49.8 Å². The molecule has 4 heteroatoms. The van der Waals surface area contributed by atoms with Crippen LogP contribution in [0, 0.1) is 0 Å². The molecule has 5 aromatic carbocycles. The second-order valence-corrected chi connectivity index (χ2v) is 28.9. The van der Waals surface area contributed by atoms with Crippen molar-refractivity contribution in [1.82, 2.24) is 0 Å². The number of hydrogen-bond donors (Lipinski definition) is 0. The van der Waals surface area contributed by atoms with Crippen molar-refractivity contribution in [1.29, 1.82) is 0 Å². The Morgan fingerprint density at radius 1 is 0.460 bits per heavy atom. The molecule has 0 fully saturated rings. The Morgan fingerprint density at radius 2 is 0.920 bits per heavy atom. The summed E-state index contributed by atoms with van der Waals surface area (Å²) < 4.78 is 20.3. The first-order valence-corrected chi connectivity index (χ1v) is 23.9. The van der Waals surface area contributed by atoms with Gasteiger partial charge in [-0.2, -0.15) is 0 Å². The van der Waals surface area contributed by atoms with Crippen LogP contribution < -0.4 is 28.7 Å². The average molecular weight is 769 g/mol. The van der Waals surface area contributed by atoms with Crippen LogP contribution in [-0.4, -0.2) is 18.4 Å². The Labute approximate surface area is 303 Å². The van der Waals surface area contributed by atoms with Crippen LogP contribution in [0.4, 0.5) is 17.1 Å². The molecule has 3 heterocycles. The van der Waals surface area contributed by atoms with E-state index in [-0.39, 0.29) is 21.7 Å². The normalized spacial score (nSPS) is 15.6. The van der Waals surface area contributed by atoms with E-state index in [0.29, 0.717) is 0 Å². The molecule has 0 radical (unpaired) electrons. The number of rotatable bonds is 2. The summed E-state index contributed by atoms with van der Waals surface area (Å²) in [6.45, 7) is 27.6. The average Bonchev–Trinajstić information content (AvgIpc) is 3.03. The number of hydrogen-bond acceptors (Lipinski definition) is 3. The Balaban J connectivity index is 1.60. The molecule has 0 aromatic heterocycles. The van der Waals surface area contributed by atoms with Crippen LogP contribution in [0.5, 0.6) is 23.0 Å². The molecule has 0 spiro atoms. The summed E-state index contributed by atoms with van der Waals surface area (Å²) in [4.78, 5) is 2.51. The molecule has 8 rings (SSSR count). The molecule has 5 aromatic rings. The van der Waals surface area contributed by atoms with Crippen LogP contribution in [0.15, 0.2) is 91.0 Å². The molecule has 3 aliphatic heterocycles. The van der Waals surface area contributed by atoms with E-state index < -0.39 is 18.4 Å². The van der Waals surface area contributed by atoms with E-state index >= 15 is 0 Å². The number of benzene rings is 5. The fraction of sp³-hybridized carbons (Fsp3) is 0.348. The number of ether oxygens (including phenoxy) is 2. The molecular weight excluding hydrogens is 717 g/mol. The van der Waals surface area contributed by atoms with Crippen molar-refractivity contribution in [2.24, 2.45) is 0 Å². The molecule has 0 unspecified atom stereocenters. The molecule has 256 valence electrons. The van der Waals surface area contributed by atoms with Gasteiger partial charge in [-0.1, -0.05) is 0 Å². The summed E-state index contributed by atoms with van der Waals surface area (Å²) >= 11 is -4.25. The van der Waals surface area contributed by atoms with E-state index in [0.717, 1.165) is 28.7 Å². The molecule has 0 saturated heterocycles. The topological polar surface area (TPSA) is 21.7 Å². The van der Waals surface area contributed by atoms with E-state index in [1.807, 2.05) is 0 Å². The Bertz CT molecular complexity index is 2090. The standard InChI is InChI=1S/C40H46NO2.C6H5.Sn/c1-37(2,3)26-13-15-28(16-14-26)41-29-17-19-33(39(7,8)9)35(23-29)42-31-21-27(38(4,5)6)22-32(25-31)43-36-24-30(41)18-20-34(36)40(10,11)12;1-2-4-6-5-3-1;/h13-22H,1-12H3;1-5H;. The van der Waals surface area contributed by atoms with Crippen LogP contribution in [0.1, 0.15) is 105 Å². The van der Waals surface area contributed by atoms with Crippen molar-refractivity contribution < 1.29 is 9.47 Å². The van der Waals surface area contributed by atoms with Crippen molar-refractivity contribution in [3.05, 3.63) is 113 Å². The van der Waals surface area contributed by atoms with Crippen LogP contribution in [0.2, 0.25) is 0 Å². The first-order chi connectivity index (χ1) is 23.3. The predicted molar refractivity (Wildman–Crippen MR) is 213 cm³/mol. The van der Waals surface area contributed by atoms with Gasteiger partial charge in [-0.05, 0) is 0 Å². The van der Waals surface area contributed by atoms with Crippen LogP contribution in [-0.2, 0) is 21.7 Å². The van der Waals surface area contributed by atoms with Gasteiger partial charge in [-0.3, -0.25) is 0 Å². The van der Waals surface area contributed by atoms with Gasteiger partial charge in [0.2, 0.25) is 0 Å². The van der Waals surface area contributed by atoms with E-state index in [2.05, 4.69) is 179 Å². The fourth-order valence-electron chi connectivity index (χ4n) is 8.42. The monoisotopic (exact) mass is 769 g/mol. The SMILES string of the molecule is CC(C)(C)c1ccc(N2c3ccc(C(C)(C)C)c4[c]3[Sn]3([c]5ccccc5)[c]5c(cc(C(C)(C)C)cc5Oc5c(C(C)(C)C)ccc2[c]53)O4)cc1. The third-order valence-corrected chi connectivity index (χ3v) is 25.1. The molecule has 50 heavy (non-hydrogen) atoms. The van der Waals surface area contributed by atoms with Crippen molar-refractivity contribution in [3.8, 4) is 23.0 Å². The van der Waals surface area contributed by atoms with E-state index in [4.69, 9.17) is 9.47 Å². The first kappa shape index (κ1) is 33.4. The zero-order chi connectivity index (χ0) is 35.8. The molecule has 0 saturated carbocycles. The Morgan fingerprint density at radius 3 is 1.34 bits per heavy atom. The van der Waals surface area contributed by atoms with Crippen molar-refractivity contribution in [3.63, 3.8) is 0 Å². The van der Waals surface area contributed by atoms with E-state index in [1.165, 1.54) is 47.9 Å². The maximum absolute atomic E-state index is 7.38. The molecule has 0 amide bonds. The molecule has 0 atom stereocenters. The summed E-state index contributed by atoms with van der Waals surface area (Å²) in [5, 5.41) is 0. The van der Waals surface area contributed by atoms with Gasteiger partial charge in [0.05, 0.1) is 0 Å². The maximum atomic E-state index is 7.38. The van der Waals surface area contributed by atoms with Gasteiger partial charge < -0.3 is 0 Å². The van der Waals surface area contributed by atoms with E-state index in [9.17, 15) is 0 Å². The zero-order valence-corrected chi connectivity index (χ0v) is 34.8. The van der Waals surface area contributed by atoms with Crippen LogP contribution in [0.25, 0.3) is 0 Å². The second-order valence-electron chi connectivity index (χ2n) is 18.7. The van der Waals surface area contributed by atoms with Gasteiger partial charge >= 0.3 is 305 Å². The minimum absolute atomic E-state index is 0.0636. The van der Waals surface area contributed by atoms with Gasteiger partial charge in [0, 0.05) is 0 Å². The summed E-state index contributed by atoms with van der Waals surface area (Å²) in [7, 11) is 0. The molecule has 0 aliphatic carbocycles. The summed E-state index contributed by atoms with van der Waals surface area (Å²) in [5.74, 6) is 4.05. The molecule has 0 N–H and O–H groups in total. The Hall–Kier alpha value is -3.70. The molecule has 0 bridgehead atoms. The first-order valence-electron chi connectivity index (χ1n) is 18.2. The van der Waals surface area contributed by atoms with Gasteiger partial charge in [-0.15, -0.1) is 0 Å². The molecular formula is C46H51NO2Sn. The zero-order valence-electron chi connectivity index (χ0n) is 31.9. The van der Waals surface area contributed by atoms with Crippen LogP contribution >= 0.6 is 0 Å². The predicted octanol–water partition coefficient (Wildman–Crippen LogP) is 10.2. The van der Waals surface area contributed by atoms with Gasteiger partial charge in [-0.25, -0.2) is 0 Å². The van der Waals surface area contributed by atoms with E-state index in [1.54, 1.807) is 0 Å². The Kier molecular flexibility index (Phi) is 7.13. The summed E-state index contributed by atoms with van der Waals surface area (Å²) in [6.07, 6.45) is 0. The summed E-state index contributed by atoms with van der Waals surface area (Å²) in [6, 6.07) is 34.8. The number of anilines is 3. The third kappa shape index (κ3) is 4.74. The summed E-state index contributed by atoms with van der Waals surface area (Å²) in [5.41, 5.74) is 8.40. The fourth-order valence-corrected chi connectivity index (χ4v) is 24.1. The van der Waals surface area contributed by atoms with Crippen molar-refractivity contribution in [2.75, 3.05) is 4.90 Å². The second kappa shape index (κ2) is 10.7. The number of nitrogens with zero attached hydrogens (tertiary/aromatic N) is 1. The molecule has 3 nitrogen and oxygen atoms in total. The van der Waals surface area contributed by atoms with Crippen molar-refractivity contribution in [2.45, 2.75) is 105 Å². The van der Waals surface area contributed by atoms with Gasteiger partial charge in [0.25, 0.3) is 0 Å². The minimum atomic E-state index is -4.25.